The normalized spacial score (nSPS) is 46.1. The van der Waals surface area contributed by atoms with Gasteiger partial charge in [-0.05, 0) is 6.92 Å². The van der Waals surface area contributed by atoms with Crippen LogP contribution >= 0.6 is 7.82 Å². The smallest absolute Gasteiger partial charge is 0.394 e. The Morgan fingerprint density at radius 1 is 0.345 bits per heavy atom. The summed E-state index contributed by atoms with van der Waals surface area (Å²) in [5, 5.41) is 234. The number of aliphatic hydroxyl groups excluding tert-OH is 20. The molecule has 41 atom stereocenters. The Labute approximate surface area is 627 Å². The van der Waals surface area contributed by atoms with Crippen molar-refractivity contribution >= 4 is 31.5 Å². The molecule has 0 bridgehead atoms. The van der Waals surface area contributed by atoms with Crippen molar-refractivity contribution in [2.45, 2.75) is 280 Å². The van der Waals surface area contributed by atoms with Crippen LogP contribution in [-0.4, -0.2) is 461 Å². The van der Waals surface area contributed by atoms with Crippen LogP contribution in [0.25, 0.3) is 0 Å². The maximum absolute atomic E-state index is 13.2. The van der Waals surface area contributed by atoms with Gasteiger partial charge in [0.1, 0.15) is 202 Å². The third kappa shape index (κ3) is 22.2. The van der Waals surface area contributed by atoms with Crippen LogP contribution < -0.4 is 21.3 Å². The maximum atomic E-state index is 13.2. The van der Waals surface area contributed by atoms with Gasteiger partial charge in [-0.1, -0.05) is 0 Å². The van der Waals surface area contributed by atoms with Gasteiger partial charge in [0.05, 0.1) is 73.5 Å². The Balaban J connectivity index is 1.15. The second-order valence-corrected chi connectivity index (χ2v) is 30.3. The molecule has 0 aromatic carbocycles. The summed E-state index contributed by atoms with van der Waals surface area (Å²) >= 11 is 0. The van der Waals surface area contributed by atoms with Crippen molar-refractivity contribution in [3.05, 3.63) is 0 Å². The molecule has 0 radical (unpaired) electrons. The first kappa shape index (κ1) is 92.1. The van der Waals surface area contributed by atoms with Crippen LogP contribution in [0.3, 0.4) is 0 Å². The standard InChI is InChI=1S/C61H106N5O43P/c1-18-34(75)44(85)47(88)58(97-18)93-16-29-50(42(83)30(54(90)98-29)62-19(2)71)105-57-33(65-22(5)74)43(84)49(26(14-70)102-57)106-59-48(89)51(39(80)27(104-59)15-94-60-52(45(86)36(77)24(12-68)100-60)108-55-31(63-20(3)72)40(81)35(76)23(11-67)99-55)107-61-53(46(87)37(78)25(13-69)101-61)109-56-32(64-21(4)73)41(82)38(79)28(103-56)17-96-110(91,92)95-10-9-66(6,7)8/h18,23-61,67-70,75-90H,9-17H2,1-8H3,(H4-,62,63,64,65,71,72,73,74,91,92)/p+1/t18-,23+,24+,25+,26+,27+,28+,29+,30+,31+,32+,33+,34+,35+,36+,37+,38+,39+,40+,41+,42+,43+,44+,45-,46-,47-,48-,49+,50+,51-,52-,53-,54+,55-,56-,57-,58+,59-,60-,61+/m0/s1. The number of quaternary nitrogens is 1. The molecule has 0 spiro atoms. The second-order valence-electron chi connectivity index (χ2n) is 28.8. The molecule has 8 aliphatic heterocycles. The van der Waals surface area contributed by atoms with Crippen LogP contribution in [-0.2, 0) is 104 Å². The minimum absolute atomic E-state index is 0.198. The molecule has 638 valence electrons. The van der Waals surface area contributed by atoms with Gasteiger partial charge in [0, 0.05) is 27.7 Å². The lowest BCUT2D eigenvalue weighted by atomic mass is 9.93. The van der Waals surface area contributed by atoms with Gasteiger partial charge in [0.2, 0.25) is 23.6 Å². The van der Waals surface area contributed by atoms with Crippen molar-refractivity contribution in [2.75, 3.05) is 80.5 Å². The van der Waals surface area contributed by atoms with Crippen molar-refractivity contribution in [3.63, 3.8) is 0 Å². The molecule has 0 aromatic rings. The predicted molar refractivity (Wildman–Crippen MR) is 347 cm³/mol. The van der Waals surface area contributed by atoms with Gasteiger partial charge in [-0.3, -0.25) is 28.2 Å². The molecule has 0 aromatic heterocycles. The topological polar surface area (TPSA) is 715 Å². The van der Waals surface area contributed by atoms with E-state index in [9.17, 15) is 131 Å². The number of rotatable bonds is 31. The lowest BCUT2D eigenvalue weighted by Crippen LogP contribution is -2.71. The molecule has 1 unspecified atom stereocenters. The lowest BCUT2D eigenvalue weighted by Gasteiger charge is -2.51. The Morgan fingerprint density at radius 2 is 0.718 bits per heavy atom. The maximum Gasteiger partial charge on any atom is 0.472 e. The number of carbonyl (C=O) groups is 4. The van der Waals surface area contributed by atoms with Crippen molar-refractivity contribution in [1.82, 2.24) is 21.3 Å². The summed E-state index contributed by atoms with van der Waals surface area (Å²) in [4.78, 5) is 61.3. The van der Waals surface area contributed by atoms with Gasteiger partial charge in [-0.15, -0.1) is 0 Å². The van der Waals surface area contributed by atoms with E-state index in [1.54, 1.807) is 21.1 Å². The number of hydrogen-bond donors (Lipinski definition) is 25. The number of likely N-dealkylation sites (N-methyl/N-ethyl adjacent to an activating group) is 1. The average Bonchev–Trinajstić information content (AvgIpc) is 0.768. The molecule has 25 N–H and O–H groups in total. The van der Waals surface area contributed by atoms with E-state index >= 15 is 0 Å². The van der Waals surface area contributed by atoms with Crippen LogP contribution in [0.1, 0.15) is 34.6 Å². The number of phosphoric acid groups is 1. The number of nitrogens with zero attached hydrogens (tertiary/aromatic N) is 1. The van der Waals surface area contributed by atoms with Crippen molar-refractivity contribution in [3.8, 4) is 0 Å². The molecule has 49 heteroatoms. The summed E-state index contributed by atoms with van der Waals surface area (Å²) in [6.45, 7) is -2.36. The number of amides is 4. The van der Waals surface area contributed by atoms with Crippen LogP contribution in [0.15, 0.2) is 0 Å². The van der Waals surface area contributed by atoms with E-state index in [0.717, 1.165) is 27.7 Å². The van der Waals surface area contributed by atoms with Gasteiger partial charge in [0.15, 0.2) is 50.3 Å². The van der Waals surface area contributed by atoms with Gasteiger partial charge in [-0.2, -0.15) is 0 Å². The van der Waals surface area contributed by atoms with E-state index in [4.69, 9.17) is 80.1 Å². The largest absolute Gasteiger partial charge is 0.472 e. The number of ether oxygens (including phenoxy) is 15. The molecule has 8 rings (SSSR count). The zero-order valence-corrected chi connectivity index (χ0v) is 61.6. The number of phosphoric ester groups is 1. The fourth-order valence-electron chi connectivity index (χ4n) is 13.4. The molecule has 8 fully saturated rings. The van der Waals surface area contributed by atoms with E-state index in [1.807, 2.05) is 0 Å². The summed E-state index contributed by atoms with van der Waals surface area (Å²) in [6, 6.07) is -7.32. The zero-order valence-electron chi connectivity index (χ0n) is 60.7. The van der Waals surface area contributed by atoms with E-state index in [-0.39, 0.29) is 17.6 Å². The van der Waals surface area contributed by atoms with Gasteiger partial charge >= 0.3 is 7.82 Å². The van der Waals surface area contributed by atoms with E-state index in [1.165, 1.54) is 6.92 Å². The van der Waals surface area contributed by atoms with E-state index in [2.05, 4.69) is 21.3 Å². The first-order valence-corrected chi connectivity index (χ1v) is 36.6. The van der Waals surface area contributed by atoms with Crippen LogP contribution in [0.5, 0.6) is 0 Å². The summed E-state index contributed by atoms with van der Waals surface area (Å²) in [5.41, 5.74) is 0. The molecular weight excluding hydrogens is 1520 g/mol. The lowest BCUT2D eigenvalue weighted by molar-refractivity contribution is -0.870. The van der Waals surface area contributed by atoms with E-state index < -0.39 is 323 Å². The highest BCUT2D eigenvalue weighted by Gasteiger charge is 2.60. The fourth-order valence-corrected chi connectivity index (χ4v) is 14.1. The molecule has 0 aliphatic carbocycles. The molecular formula is C61H107N5O43P+. The molecule has 48 nitrogen and oxygen atoms in total. The number of hydrogen-bond acceptors (Lipinski definition) is 42. The Bertz CT molecular complexity index is 2980. The predicted octanol–water partition coefficient (Wildman–Crippen LogP) is -16.0. The summed E-state index contributed by atoms with van der Waals surface area (Å²) in [6.07, 6.45) is -73.6. The Hall–Kier alpha value is -3.45. The van der Waals surface area contributed by atoms with Crippen LogP contribution in [0.2, 0.25) is 0 Å². The van der Waals surface area contributed by atoms with Gasteiger partial charge < -0.3 is 204 Å². The summed E-state index contributed by atoms with van der Waals surface area (Å²) in [5.74, 6) is -3.53. The number of aliphatic hydroxyl groups is 20. The van der Waals surface area contributed by atoms with Gasteiger partial charge in [-0.25, -0.2) is 4.57 Å². The highest BCUT2D eigenvalue weighted by Crippen LogP contribution is 2.45. The fraction of sp³-hybridized carbons (Fsp3) is 0.934. The molecule has 8 saturated heterocycles. The second kappa shape index (κ2) is 39.7. The zero-order chi connectivity index (χ0) is 81.6. The van der Waals surface area contributed by atoms with Crippen molar-refractivity contribution < 1.29 is 215 Å². The van der Waals surface area contributed by atoms with Crippen molar-refractivity contribution in [2.24, 2.45) is 0 Å². The highest BCUT2D eigenvalue weighted by molar-refractivity contribution is 7.47. The SMILES string of the molecule is CC(=O)N[C@@H]1[C@@H](O)[C@H](O[C@@H]2O[C@H](CO)[C@@H](O[C@@H]3O[C@H](CO[C@H]4O[C@H](CO)[C@@H](O)[C@H](O)[C@@H]4O[C@@H]4O[C@H](CO)[C@@H](O)[C@H](O)[C@H]4NC(C)=O)[C@@H](O)[C@H](O[C@H]4O[C@H](CO)[C@@H](O)[C@H](O)[C@@H]4O[C@@H]4O[C@H](COP(=O)(O)OCC[N+](C)(C)C)[C@@H](O)[C@H](O)[C@H]4NC(C)=O)[C@@H]3O)[C@H](O)[C@H]2NC(C)=O)[C@@H](CO[C@@H]2O[C@@H](C)[C@@H](O)[C@@H](O)[C@@H]2O)O[C@H]1O. The Morgan fingerprint density at radius 3 is 1.23 bits per heavy atom. The third-order valence-electron chi connectivity index (χ3n) is 19.4. The molecule has 4 amide bonds. The number of nitrogens with one attached hydrogen (secondary N) is 4. The minimum atomic E-state index is -4.98. The molecule has 8 heterocycles. The van der Waals surface area contributed by atoms with Crippen LogP contribution in [0, 0.1) is 0 Å². The first-order valence-electron chi connectivity index (χ1n) is 35.1. The molecule has 110 heavy (non-hydrogen) atoms. The quantitative estimate of drug-likeness (QED) is 0.0226. The first-order chi connectivity index (χ1) is 51.5. The summed E-state index contributed by atoms with van der Waals surface area (Å²) < 4.78 is 113. The monoisotopic (exact) mass is 1630 g/mol. The number of carbonyl (C=O) groups excluding carboxylic acids is 4. The van der Waals surface area contributed by atoms with Crippen LogP contribution in [0.4, 0.5) is 0 Å². The third-order valence-corrected chi connectivity index (χ3v) is 20.4. The average molecular weight is 1630 g/mol. The molecule has 0 saturated carbocycles. The summed E-state index contributed by atoms with van der Waals surface area (Å²) in [7, 11) is 0.276. The highest BCUT2D eigenvalue weighted by atomic mass is 31.2. The van der Waals surface area contributed by atoms with Crippen molar-refractivity contribution in [1.29, 1.82) is 0 Å². The Kier molecular flexibility index (Phi) is 33.2. The van der Waals surface area contributed by atoms with E-state index in [0.29, 0.717) is 0 Å². The minimum Gasteiger partial charge on any atom is -0.394 e. The van der Waals surface area contributed by atoms with Gasteiger partial charge in [0.25, 0.3) is 0 Å². The molecule has 8 aliphatic rings.